The Morgan fingerprint density at radius 3 is 0.843 bits per heavy atom. The highest BCUT2D eigenvalue weighted by molar-refractivity contribution is 5.99. The van der Waals surface area contributed by atoms with Gasteiger partial charge in [0.25, 0.3) is 0 Å². The van der Waals surface area contributed by atoms with Crippen molar-refractivity contribution < 1.29 is 22.8 Å². The minimum absolute atomic E-state index is 0.540. The van der Waals surface area contributed by atoms with Crippen LogP contribution in [-0.2, 0) is 54.5 Å². The van der Waals surface area contributed by atoms with Gasteiger partial charge >= 0.3 is 0 Å². The Bertz CT molecular complexity index is 7160. The number of pyridine rings is 5. The molecule has 10 saturated carbocycles. The van der Waals surface area contributed by atoms with Crippen LogP contribution >= 0.6 is 0 Å². The summed E-state index contributed by atoms with van der Waals surface area (Å²) < 4.78 is 11.5. The van der Waals surface area contributed by atoms with Gasteiger partial charge in [0.05, 0.1) is 43.6 Å². The molecule has 0 N–H and O–H groups in total. The lowest BCUT2D eigenvalue weighted by Crippen LogP contribution is -2.31. The molecule has 15 atom stereocenters. The topological polar surface area (TPSA) is 19.4 Å². The van der Waals surface area contributed by atoms with Crippen molar-refractivity contribution in [3.8, 4) is 56.3 Å². The standard InChI is InChI=1S/2C28H34N.C27H32N.2C26H30N/c1-17(2)24-12-18(3)19(4)26(16-24)28-25-9-8-22(15-23(25)10-11-29(28)5)27-14-20-6-7-21(27)13-20;1-5-19-13-21(6-2)18(3)26(15-19)28-25-10-9-23(17-24(25)11-12-29(28)4)27-16-20-7-8-22(27)14-20;1-17(2)20-7-5-18(3)25(16-20)27-24-10-9-22(15-23(24)11-12-28(27)4)26-14-19-6-8-21(26)13-19;1-16-11-17(2)18(3)24(12-16)26-23-8-7-21(15-22(23)9-10-27(26)4)25-14-19-5-6-20(25)13-19;1-4-18-6-5-17(2)24(14-18)26-23-10-9-21(16-22(23)11-12-27(26)3)25-15-19-7-8-20(25)13-19/h8-12,15-17,20-21,27H,6-7,13-14H2,1-5H3;9-13,15,17,20,22,27H,5-8,14,16H2,1-4H3;5,7,9-12,15-17,19,21,26H,6,8,13-14H2,1-4H3;7-12,15,19-20,25H,5-6,13-14H2,1-4H3;5-6,9-12,14,16,19-20,25H,4,7-8,13,15H2,1-3H3/q5*+1. The lowest BCUT2D eigenvalue weighted by atomic mass is 9.82. The summed E-state index contributed by atoms with van der Waals surface area (Å²) in [5.74, 6) is 14.8. The van der Waals surface area contributed by atoms with Gasteiger partial charge in [-0.2, -0.15) is 0 Å². The molecule has 0 saturated heterocycles. The van der Waals surface area contributed by atoms with Gasteiger partial charge in [0.15, 0.2) is 31.0 Å². The summed E-state index contributed by atoms with van der Waals surface area (Å²) in [5.41, 5.74) is 39.7. The third-order valence-electron chi connectivity index (χ3n) is 38.1. The minimum atomic E-state index is 0.540. The van der Waals surface area contributed by atoms with E-state index in [1.165, 1.54) is 311 Å². The minimum Gasteiger partial charge on any atom is -0.200 e. The lowest BCUT2D eigenvalue weighted by molar-refractivity contribution is -0.659. The largest absolute Gasteiger partial charge is 0.220 e. The normalized spacial score (nSPS) is 23.7. The Morgan fingerprint density at radius 1 is 0.243 bits per heavy atom. The molecule has 15 aromatic rings. The molecular formula is C135H160N5+5. The Balaban J connectivity index is 0.000000104. The van der Waals surface area contributed by atoms with Gasteiger partial charge in [0, 0.05) is 41.5 Å². The van der Waals surface area contributed by atoms with E-state index in [2.05, 4.69) is 387 Å². The van der Waals surface area contributed by atoms with E-state index in [9.17, 15) is 0 Å². The smallest absolute Gasteiger partial charge is 0.200 e. The summed E-state index contributed by atoms with van der Waals surface area (Å²) in [4.78, 5) is 0. The van der Waals surface area contributed by atoms with Crippen LogP contribution in [0.3, 0.4) is 0 Å². The van der Waals surface area contributed by atoms with E-state index in [-0.39, 0.29) is 0 Å². The number of hydrogen-bond donors (Lipinski definition) is 0. The molecule has 720 valence electrons. The summed E-state index contributed by atoms with van der Waals surface area (Å²) in [6, 6.07) is 76.3. The molecule has 0 radical (unpaired) electrons. The molecule has 10 aliphatic carbocycles. The Labute approximate surface area is 839 Å². The van der Waals surface area contributed by atoms with Gasteiger partial charge in [-0.15, -0.1) is 0 Å². The van der Waals surface area contributed by atoms with Gasteiger partial charge in [-0.3, -0.25) is 0 Å². The lowest BCUT2D eigenvalue weighted by Gasteiger charge is -2.22. The van der Waals surface area contributed by atoms with Crippen molar-refractivity contribution in [3.05, 3.63) is 325 Å². The van der Waals surface area contributed by atoms with E-state index in [1.807, 2.05) is 0 Å². The second-order valence-electron chi connectivity index (χ2n) is 47.3. The first kappa shape index (κ1) is 95.4. The summed E-state index contributed by atoms with van der Waals surface area (Å²) in [5, 5.41) is 13.9. The molecule has 5 heteroatoms. The zero-order valence-electron chi connectivity index (χ0n) is 88.7. The van der Waals surface area contributed by atoms with Gasteiger partial charge in [0.1, 0.15) is 35.2 Å². The fourth-order valence-corrected chi connectivity index (χ4v) is 29.9. The fourth-order valence-electron chi connectivity index (χ4n) is 29.9. The van der Waals surface area contributed by atoms with Crippen LogP contribution < -0.4 is 22.8 Å². The van der Waals surface area contributed by atoms with Crippen molar-refractivity contribution in [1.82, 2.24) is 0 Å². The predicted molar refractivity (Wildman–Crippen MR) is 588 cm³/mol. The highest BCUT2D eigenvalue weighted by Gasteiger charge is 2.46. The van der Waals surface area contributed by atoms with E-state index in [1.54, 1.807) is 27.8 Å². The average Bonchev–Trinajstić information content (AvgIpc) is 0.940. The zero-order chi connectivity index (χ0) is 97.1. The monoisotopic (exact) mass is 1850 g/mol. The van der Waals surface area contributed by atoms with Crippen LogP contribution in [0.15, 0.2) is 225 Å². The second-order valence-corrected chi connectivity index (χ2v) is 47.3. The molecule has 15 unspecified atom stereocenters. The Morgan fingerprint density at radius 2 is 0.536 bits per heavy atom. The molecule has 10 aliphatic rings. The van der Waals surface area contributed by atoms with E-state index in [4.69, 9.17) is 0 Å². The maximum absolute atomic E-state index is 2.50. The van der Waals surface area contributed by atoms with Crippen LogP contribution in [0.5, 0.6) is 0 Å². The summed E-state index contributed by atoms with van der Waals surface area (Å²) in [6.07, 6.45) is 43.5. The SMILES string of the molecule is CCc1cc(CC)c(C)c(-c2c3ccc(C4CC5CCC4C5)cc3cc[n+]2C)c1.CCc1ccc(C)c(-c2c3ccc(C4CC5CCC4C5)cc3cc[n+]2C)c1.Cc1cc(C(C)C)cc(-c2c3ccc(C4CC5CCC4C5)cc3cc[n+]2C)c1C.Cc1cc(C)c(C)c(-c2c3ccc(C4CC5CCC4C5)cc3cc[n+]2C)c1.Cc1ccc(C(C)C)cc1-c1c2ccc(C3CC4CCC3C4)cc2cc[n+]1C. The van der Waals surface area contributed by atoms with Crippen LogP contribution in [0.4, 0.5) is 0 Å². The number of aromatic nitrogens is 5. The molecule has 0 spiro atoms. The molecule has 25 rings (SSSR count). The third kappa shape index (κ3) is 18.4. The van der Waals surface area contributed by atoms with E-state index >= 15 is 0 Å². The highest BCUT2D eigenvalue weighted by atomic mass is 14.9. The van der Waals surface area contributed by atoms with Crippen LogP contribution in [0.2, 0.25) is 0 Å². The summed E-state index contributed by atoms with van der Waals surface area (Å²) in [7, 11) is 10.9. The molecule has 10 fully saturated rings. The van der Waals surface area contributed by atoms with Gasteiger partial charge in [0.2, 0.25) is 28.5 Å². The molecule has 0 amide bonds. The van der Waals surface area contributed by atoms with Crippen LogP contribution in [0, 0.1) is 115 Å². The third-order valence-corrected chi connectivity index (χ3v) is 38.1. The first-order valence-electron chi connectivity index (χ1n) is 55.3. The maximum Gasteiger partial charge on any atom is 0.220 e. The van der Waals surface area contributed by atoms with E-state index in [0.29, 0.717) is 11.8 Å². The number of nitrogens with zero attached hydrogens (tertiary/aromatic N) is 5. The first-order chi connectivity index (χ1) is 67.7. The molecule has 0 aliphatic heterocycles. The summed E-state index contributed by atoms with van der Waals surface area (Å²) in [6.45, 7) is 33.9. The van der Waals surface area contributed by atoms with Gasteiger partial charge < -0.3 is 0 Å². The van der Waals surface area contributed by atoms with Crippen LogP contribution in [0.25, 0.3) is 110 Å². The van der Waals surface area contributed by atoms with Crippen molar-refractivity contribution in [1.29, 1.82) is 0 Å². The molecule has 5 heterocycles. The van der Waals surface area contributed by atoms with Crippen molar-refractivity contribution >= 4 is 53.9 Å². The Kier molecular flexibility index (Phi) is 26.9. The van der Waals surface area contributed by atoms with Gasteiger partial charge in [-0.1, -0.05) is 189 Å². The van der Waals surface area contributed by atoms with Gasteiger partial charge in [-0.25, -0.2) is 22.8 Å². The first-order valence-corrected chi connectivity index (χ1v) is 55.3. The van der Waals surface area contributed by atoms with Crippen LogP contribution in [0.1, 0.15) is 318 Å². The van der Waals surface area contributed by atoms with Crippen molar-refractivity contribution in [3.63, 3.8) is 0 Å². The van der Waals surface area contributed by atoms with E-state index < -0.39 is 0 Å². The molecule has 140 heavy (non-hydrogen) atoms. The number of hydrogen-bond acceptors (Lipinski definition) is 0. The highest BCUT2D eigenvalue weighted by Crippen LogP contribution is 2.59. The predicted octanol–water partition coefficient (Wildman–Crippen LogP) is 32.6. The van der Waals surface area contributed by atoms with Gasteiger partial charge in [-0.05, 0) is 454 Å². The number of rotatable bonds is 15. The zero-order valence-corrected chi connectivity index (χ0v) is 88.7. The molecular weight excluding hydrogens is 1690 g/mol. The average molecular weight is 1850 g/mol. The molecule has 10 aromatic carbocycles. The van der Waals surface area contributed by atoms with Crippen molar-refractivity contribution in [2.75, 3.05) is 0 Å². The summed E-state index contributed by atoms with van der Waals surface area (Å²) >= 11 is 0. The van der Waals surface area contributed by atoms with E-state index in [0.717, 1.165) is 108 Å². The Hall–Kier alpha value is -10.8. The molecule has 5 nitrogen and oxygen atoms in total. The number of aryl methyl sites for hydroxylation is 13. The van der Waals surface area contributed by atoms with Crippen molar-refractivity contribution in [2.45, 2.75) is 293 Å². The number of fused-ring (bicyclic) bond motifs is 15. The fraction of sp³-hybridized carbons (Fsp3) is 0.444. The quantitative estimate of drug-likeness (QED) is 0.0912. The maximum atomic E-state index is 2.50. The van der Waals surface area contributed by atoms with Crippen molar-refractivity contribution in [2.24, 2.45) is 94.4 Å². The number of benzene rings is 10. The molecule has 10 bridgehead atoms. The van der Waals surface area contributed by atoms with Crippen LogP contribution in [-0.4, -0.2) is 0 Å². The second kappa shape index (κ2) is 39.5. The molecule has 5 aromatic heterocycles.